The lowest BCUT2D eigenvalue weighted by Gasteiger charge is -2.40. The van der Waals surface area contributed by atoms with Gasteiger partial charge in [0.15, 0.2) is 0 Å². The van der Waals surface area contributed by atoms with Crippen LogP contribution in [0.4, 0.5) is 0 Å². The predicted molar refractivity (Wildman–Crippen MR) is 131 cm³/mol. The zero-order chi connectivity index (χ0) is 21.8. The fourth-order valence-corrected chi connectivity index (χ4v) is 4.89. The topological polar surface area (TPSA) is 20.2 Å². The van der Waals surface area contributed by atoms with E-state index in [-0.39, 0.29) is 0 Å². The van der Waals surface area contributed by atoms with E-state index in [0.29, 0.717) is 11.7 Å². The summed E-state index contributed by atoms with van der Waals surface area (Å²) in [4.78, 5) is 0. The van der Waals surface area contributed by atoms with Crippen LogP contribution in [0.5, 0.6) is 5.75 Å². The fraction of sp³-hybridized carbons (Fsp3) is 0.267. The Hall–Kier alpha value is -3.06. The quantitative estimate of drug-likeness (QED) is 0.411. The van der Waals surface area contributed by atoms with Crippen LogP contribution < -0.4 is 0 Å². The van der Waals surface area contributed by atoms with Gasteiger partial charge < -0.3 is 5.11 Å². The van der Waals surface area contributed by atoms with Crippen LogP contribution >= 0.6 is 0 Å². The van der Waals surface area contributed by atoms with E-state index in [9.17, 15) is 5.11 Å². The molecule has 3 aromatic carbocycles. The summed E-state index contributed by atoms with van der Waals surface area (Å²) in [6.45, 7) is 6.58. The molecule has 1 nitrogen and oxygen atoms in total. The summed E-state index contributed by atoms with van der Waals surface area (Å²) in [6, 6.07) is 27.9. The molecular weight excluding hydrogens is 376 g/mol. The zero-order valence-electron chi connectivity index (χ0n) is 18.8. The highest BCUT2D eigenvalue weighted by Gasteiger charge is 2.40. The minimum Gasteiger partial charge on any atom is -0.508 e. The molecule has 31 heavy (non-hydrogen) atoms. The second kappa shape index (κ2) is 8.98. The van der Waals surface area contributed by atoms with E-state index in [4.69, 9.17) is 0 Å². The van der Waals surface area contributed by atoms with Crippen molar-refractivity contribution >= 4 is 0 Å². The summed E-state index contributed by atoms with van der Waals surface area (Å²) < 4.78 is 0. The number of aromatic hydroxyl groups is 1. The molecule has 0 saturated carbocycles. The third kappa shape index (κ3) is 3.85. The van der Waals surface area contributed by atoms with Crippen LogP contribution in [0.1, 0.15) is 68.2 Å². The average Bonchev–Trinajstić information content (AvgIpc) is 2.82. The lowest BCUT2D eigenvalue weighted by Crippen LogP contribution is -2.32. The second-order valence-corrected chi connectivity index (χ2v) is 8.77. The van der Waals surface area contributed by atoms with Crippen LogP contribution in [0.25, 0.3) is 0 Å². The summed E-state index contributed by atoms with van der Waals surface area (Å²) in [5, 5.41) is 10.7. The average molecular weight is 409 g/mol. The number of hydrogen-bond acceptors (Lipinski definition) is 1. The number of phenolic OH excluding ortho intramolecular Hbond substituents is 1. The summed E-state index contributed by atoms with van der Waals surface area (Å²) >= 11 is 0. The summed E-state index contributed by atoms with van der Waals surface area (Å²) in [5.74, 6) is 0.688. The molecule has 0 heterocycles. The molecule has 1 heteroatoms. The van der Waals surface area contributed by atoms with Crippen LogP contribution in [0.15, 0.2) is 102 Å². The van der Waals surface area contributed by atoms with Gasteiger partial charge in [-0.15, -0.1) is 0 Å². The van der Waals surface area contributed by atoms with E-state index >= 15 is 0 Å². The van der Waals surface area contributed by atoms with Crippen molar-refractivity contribution in [3.63, 3.8) is 0 Å². The molecule has 4 rings (SSSR count). The molecule has 1 unspecified atom stereocenters. The molecule has 0 aliphatic heterocycles. The maximum atomic E-state index is 10.7. The van der Waals surface area contributed by atoms with E-state index in [1.807, 2.05) is 6.07 Å². The first-order valence-corrected chi connectivity index (χ1v) is 11.4. The normalized spacial score (nSPS) is 15.2. The fourth-order valence-electron chi connectivity index (χ4n) is 4.89. The Morgan fingerprint density at radius 1 is 0.806 bits per heavy atom. The molecule has 0 radical (unpaired) electrons. The molecule has 0 fully saturated rings. The first-order valence-electron chi connectivity index (χ1n) is 11.4. The van der Waals surface area contributed by atoms with Crippen molar-refractivity contribution in [1.82, 2.24) is 0 Å². The van der Waals surface area contributed by atoms with Gasteiger partial charge in [-0.25, -0.2) is 0 Å². The summed E-state index contributed by atoms with van der Waals surface area (Å²) in [5.41, 5.74) is 7.20. The molecule has 0 amide bonds. The lowest BCUT2D eigenvalue weighted by molar-refractivity contribution is 0.461. The smallest absolute Gasteiger partial charge is 0.119 e. The maximum Gasteiger partial charge on any atom is 0.119 e. The molecule has 158 valence electrons. The number of rotatable bonds is 6. The van der Waals surface area contributed by atoms with Gasteiger partial charge in [0.2, 0.25) is 0 Å². The Morgan fingerprint density at radius 2 is 1.42 bits per heavy atom. The van der Waals surface area contributed by atoms with E-state index in [2.05, 4.69) is 106 Å². The van der Waals surface area contributed by atoms with Crippen molar-refractivity contribution in [1.29, 1.82) is 0 Å². The summed E-state index contributed by atoms with van der Waals surface area (Å²) in [7, 11) is 0. The highest BCUT2D eigenvalue weighted by molar-refractivity contribution is 5.61. The van der Waals surface area contributed by atoms with E-state index in [0.717, 1.165) is 24.8 Å². The minimum atomic E-state index is -0.393. The largest absolute Gasteiger partial charge is 0.508 e. The SMILES string of the molecule is CCC(C)c1cc(C(C2=CC=C(C)CC2)(c2ccccc2)c2ccccc2)ccc1O. The molecular formula is C30H32O. The molecule has 1 aliphatic carbocycles. The first kappa shape index (κ1) is 21.2. The maximum absolute atomic E-state index is 10.7. The molecule has 3 aromatic rings. The van der Waals surface area contributed by atoms with Gasteiger partial charge in [-0.2, -0.15) is 0 Å². The third-order valence-electron chi connectivity index (χ3n) is 6.86. The van der Waals surface area contributed by atoms with Crippen LogP contribution in [-0.4, -0.2) is 5.11 Å². The highest BCUT2D eigenvalue weighted by atomic mass is 16.3. The van der Waals surface area contributed by atoms with Crippen molar-refractivity contribution in [3.05, 3.63) is 124 Å². The molecule has 0 spiro atoms. The van der Waals surface area contributed by atoms with Crippen LogP contribution in [0.3, 0.4) is 0 Å². The van der Waals surface area contributed by atoms with Crippen molar-refractivity contribution < 1.29 is 5.11 Å². The van der Waals surface area contributed by atoms with E-state index < -0.39 is 5.41 Å². The minimum absolute atomic E-state index is 0.298. The van der Waals surface area contributed by atoms with Gasteiger partial charge in [0.1, 0.15) is 5.75 Å². The van der Waals surface area contributed by atoms with Crippen molar-refractivity contribution in [2.24, 2.45) is 0 Å². The Labute approximate surface area is 186 Å². The number of phenols is 1. The molecule has 1 aliphatic rings. The lowest BCUT2D eigenvalue weighted by atomic mass is 9.62. The number of hydrogen-bond donors (Lipinski definition) is 1. The van der Waals surface area contributed by atoms with Gasteiger partial charge in [-0.05, 0) is 60.4 Å². The Balaban J connectivity index is 2.09. The molecule has 0 saturated heterocycles. The first-order chi connectivity index (χ1) is 15.1. The van der Waals surface area contributed by atoms with Gasteiger partial charge in [-0.1, -0.05) is 110 Å². The predicted octanol–water partition coefficient (Wildman–Crippen LogP) is 7.91. The Bertz CT molecular complexity index is 1050. The van der Waals surface area contributed by atoms with Gasteiger partial charge in [-0.3, -0.25) is 0 Å². The van der Waals surface area contributed by atoms with Gasteiger partial charge in [0.05, 0.1) is 5.41 Å². The third-order valence-corrected chi connectivity index (χ3v) is 6.86. The standard InChI is InChI=1S/C30H32O/c1-4-23(3)28-21-27(19-20-29(28)31)30(24-11-7-5-8-12-24,25-13-9-6-10-14-25)26-17-15-22(2)16-18-26/h5-15,17,19-21,23,31H,4,16,18H2,1-3H3. The highest BCUT2D eigenvalue weighted by Crippen LogP contribution is 2.49. The molecule has 1 atom stereocenters. The van der Waals surface area contributed by atoms with Crippen molar-refractivity contribution in [3.8, 4) is 5.75 Å². The van der Waals surface area contributed by atoms with Gasteiger partial charge >= 0.3 is 0 Å². The Morgan fingerprint density at radius 3 is 1.94 bits per heavy atom. The van der Waals surface area contributed by atoms with Gasteiger partial charge in [0.25, 0.3) is 0 Å². The summed E-state index contributed by atoms with van der Waals surface area (Å²) in [6.07, 6.45) is 7.69. The monoisotopic (exact) mass is 408 g/mol. The van der Waals surface area contributed by atoms with E-state index in [1.54, 1.807) is 0 Å². The zero-order valence-corrected chi connectivity index (χ0v) is 18.8. The second-order valence-electron chi connectivity index (χ2n) is 8.77. The van der Waals surface area contributed by atoms with Crippen LogP contribution in [0.2, 0.25) is 0 Å². The van der Waals surface area contributed by atoms with Crippen LogP contribution in [0, 0.1) is 0 Å². The molecule has 0 bridgehead atoms. The molecule has 0 aromatic heterocycles. The van der Waals surface area contributed by atoms with Crippen molar-refractivity contribution in [2.45, 2.75) is 51.4 Å². The van der Waals surface area contributed by atoms with Gasteiger partial charge in [0, 0.05) is 0 Å². The van der Waals surface area contributed by atoms with Crippen LogP contribution in [-0.2, 0) is 5.41 Å². The Kier molecular flexibility index (Phi) is 6.13. The molecule has 1 N–H and O–H groups in total. The van der Waals surface area contributed by atoms with E-state index in [1.165, 1.54) is 27.8 Å². The van der Waals surface area contributed by atoms with Crippen molar-refractivity contribution in [2.75, 3.05) is 0 Å². The number of allylic oxidation sites excluding steroid dienone is 4. The number of benzene rings is 3.